The SMILES string of the molecule is CC(C)(C)OC(=O)N1C(=O)[C@@H]2C1[C@@H]1C=C[C@H]2C1. The Hall–Kier alpha value is -1.32. The topological polar surface area (TPSA) is 46.6 Å². The monoisotopic (exact) mass is 235 g/mol. The summed E-state index contributed by atoms with van der Waals surface area (Å²) < 4.78 is 5.27. The van der Waals surface area contributed by atoms with Crippen LogP contribution < -0.4 is 0 Å². The summed E-state index contributed by atoms with van der Waals surface area (Å²) in [5.41, 5.74) is -0.546. The summed E-state index contributed by atoms with van der Waals surface area (Å²) in [4.78, 5) is 25.2. The number of imide groups is 1. The number of rotatable bonds is 0. The second kappa shape index (κ2) is 3.12. The zero-order valence-electron chi connectivity index (χ0n) is 10.3. The number of hydrogen-bond donors (Lipinski definition) is 0. The Kier molecular flexibility index (Phi) is 1.98. The number of ether oxygens (including phenoxy) is 1. The number of β-lactam (4-membered cyclic amide) rings is 1. The number of likely N-dealkylation sites (tertiary alicyclic amines) is 1. The van der Waals surface area contributed by atoms with Gasteiger partial charge in [-0.05, 0) is 39.0 Å². The molecule has 0 aromatic carbocycles. The molecule has 1 aliphatic heterocycles. The van der Waals surface area contributed by atoms with E-state index in [0.29, 0.717) is 11.8 Å². The Balaban J connectivity index is 1.76. The lowest BCUT2D eigenvalue weighted by molar-refractivity contribution is -0.154. The molecule has 1 saturated carbocycles. The van der Waals surface area contributed by atoms with Gasteiger partial charge in [-0.25, -0.2) is 9.69 Å². The lowest BCUT2D eigenvalue weighted by Gasteiger charge is -2.46. The van der Waals surface area contributed by atoms with Gasteiger partial charge in [-0.2, -0.15) is 0 Å². The Morgan fingerprint density at radius 2 is 2.00 bits per heavy atom. The van der Waals surface area contributed by atoms with E-state index in [0.717, 1.165) is 6.42 Å². The summed E-state index contributed by atoms with van der Waals surface area (Å²) in [5.74, 6) is 0.699. The van der Waals surface area contributed by atoms with E-state index in [4.69, 9.17) is 4.74 Å². The first kappa shape index (κ1) is 10.8. The van der Waals surface area contributed by atoms with E-state index in [1.807, 2.05) is 20.8 Å². The standard InChI is InChI=1S/C13H17NO3/c1-13(2,3)17-12(16)14-10-8-5-4-7(6-8)9(10)11(14)15/h4-5,7-10H,6H2,1-3H3/t7-,8+,9-,10?/m0/s1. The summed E-state index contributed by atoms with van der Waals surface area (Å²) >= 11 is 0. The summed E-state index contributed by atoms with van der Waals surface area (Å²) in [6, 6.07) is 0.0624. The number of carbonyl (C=O) groups excluding carboxylic acids is 2. The lowest BCUT2D eigenvalue weighted by atomic mass is 9.80. The van der Waals surface area contributed by atoms with Gasteiger partial charge in [-0.1, -0.05) is 12.2 Å². The van der Waals surface area contributed by atoms with Crippen LogP contribution in [0.1, 0.15) is 27.2 Å². The second-order valence-electron chi connectivity index (χ2n) is 6.15. The summed E-state index contributed by atoms with van der Waals surface area (Å²) in [5, 5.41) is 0. The number of hydrogen-bond acceptors (Lipinski definition) is 3. The van der Waals surface area contributed by atoms with Crippen molar-refractivity contribution in [2.24, 2.45) is 17.8 Å². The van der Waals surface area contributed by atoms with Gasteiger partial charge in [0.1, 0.15) is 5.60 Å². The maximum absolute atomic E-state index is 12.0. The van der Waals surface area contributed by atoms with Crippen molar-refractivity contribution in [3.8, 4) is 0 Å². The number of amides is 2. The van der Waals surface area contributed by atoms with Gasteiger partial charge in [0.15, 0.2) is 0 Å². The number of fused-ring (bicyclic) bond motifs is 5. The summed E-state index contributed by atoms with van der Waals surface area (Å²) in [7, 11) is 0. The van der Waals surface area contributed by atoms with Crippen molar-refractivity contribution < 1.29 is 14.3 Å². The van der Waals surface area contributed by atoms with E-state index in [1.54, 1.807) is 0 Å². The van der Waals surface area contributed by atoms with Gasteiger partial charge >= 0.3 is 6.09 Å². The molecule has 4 atom stereocenters. The third-order valence-corrected chi connectivity index (χ3v) is 3.83. The zero-order valence-corrected chi connectivity index (χ0v) is 10.3. The molecule has 1 heterocycles. The van der Waals surface area contributed by atoms with E-state index in [9.17, 15) is 9.59 Å². The highest BCUT2D eigenvalue weighted by Gasteiger charge is 2.62. The molecular formula is C13H17NO3. The smallest absolute Gasteiger partial charge is 0.417 e. The first-order valence-electron chi connectivity index (χ1n) is 6.13. The minimum Gasteiger partial charge on any atom is -0.443 e. The molecule has 2 bridgehead atoms. The maximum Gasteiger partial charge on any atom is 0.417 e. The third-order valence-electron chi connectivity index (χ3n) is 3.83. The van der Waals surface area contributed by atoms with Crippen LogP contribution >= 0.6 is 0 Å². The van der Waals surface area contributed by atoms with Crippen LogP contribution in [0.2, 0.25) is 0 Å². The number of allylic oxidation sites excluding steroid dienone is 1. The Labute approximate surface area is 101 Å². The van der Waals surface area contributed by atoms with Gasteiger partial charge in [0.2, 0.25) is 5.91 Å². The van der Waals surface area contributed by atoms with Crippen molar-refractivity contribution in [3.05, 3.63) is 12.2 Å². The molecule has 0 aromatic rings. The fourth-order valence-corrected chi connectivity index (χ4v) is 3.23. The zero-order chi connectivity index (χ0) is 12.4. The number of carbonyl (C=O) groups is 2. The van der Waals surface area contributed by atoms with Crippen LogP contribution in [-0.2, 0) is 9.53 Å². The normalized spacial score (nSPS) is 38.1. The average Bonchev–Trinajstić information content (AvgIpc) is 2.70. The molecule has 17 heavy (non-hydrogen) atoms. The first-order chi connectivity index (χ1) is 7.88. The second-order valence-corrected chi connectivity index (χ2v) is 6.15. The molecule has 0 spiro atoms. The Morgan fingerprint density at radius 3 is 2.65 bits per heavy atom. The molecule has 92 valence electrons. The van der Waals surface area contributed by atoms with Gasteiger partial charge < -0.3 is 4.74 Å². The van der Waals surface area contributed by atoms with Gasteiger partial charge in [0, 0.05) is 0 Å². The fourth-order valence-electron chi connectivity index (χ4n) is 3.23. The summed E-state index contributed by atoms with van der Waals surface area (Å²) in [6.07, 6.45) is 4.79. The van der Waals surface area contributed by atoms with Crippen molar-refractivity contribution in [3.63, 3.8) is 0 Å². The average molecular weight is 235 g/mol. The molecule has 3 aliphatic rings. The van der Waals surface area contributed by atoms with E-state index >= 15 is 0 Å². The van der Waals surface area contributed by atoms with Crippen LogP contribution in [0.15, 0.2) is 12.2 Å². The molecule has 0 aromatic heterocycles. The van der Waals surface area contributed by atoms with Crippen molar-refractivity contribution in [1.82, 2.24) is 4.90 Å². The summed E-state index contributed by atoms with van der Waals surface area (Å²) in [6.45, 7) is 5.44. The molecule has 1 saturated heterocycles. The van der Waals surface area contributed by atoms with Crippen LogP contribution in [0.5, 0.6) is 0 Å². The third kappa shape index (κ3) is 1.43. The van der Waals surface area contributed by atoms with E-state index < -0.39 is 11.7 Å². The molecule has 2 amide bonds. The van der Waals surface area contributed by atoms with Crippen molar-refractivity contribution in [1.29, 1.82) is 0 Å². The molecule has 1 unspecified atom stereocenters. The van der Waals surface area contributed by atoms with Crippen LogP contribution in [0.3, 0.4) is 0 Å². The van der Waals surface area contributed by atoms with Crippen LogP contribution in [0.4, 0.5) is 4.79 Å². The van der Waals surface area contributed by atoms with Gasteiger partial charge in [0.05, 0.1) is 12.0 Å². The molecule has 0 N–H and O–H groups in total. The maximum atomic E-state index is 12.0. The molecule has 2 aliphatic carbocycles. The quantitative estimate of drug-likeness (QED) is 0.476. The van der Waals surface area contributed by atoms with Crippen molar-refractivity contribution >= 4 is 12.0 Å². The molecule has 3 rings (SSSR count). The van der Waals surface area contributed by atoms with E-state index in [2.05, 4.69) is 12.2 Å². The largest absolute Gasteiger partial charge is 0.443 e. The van der Waals surface area contributed by atoms with Crippen molar-refractivity contribution in [2.75, 3.05) is 0 Å². The van der Waals surface area contributed by atoms with Crippen LogP contribution in [0.25, 0.3) is 0 Å². The lowest BCUT2D eigenvalue weighted by Crippen LogP contribution is -2.65. The van der Waals surface area contributed by atoms with Crippen LogP contribution in [-0.4, -0.2) is 28.5 Å². The minimum atomic E-state index is -0.546. The Bertz CT molecular complexity index is 421. The highest BCUT2D eigenvalue weighted by atomic mass is 16.6. The Morgan fingerprint density at radius 1 is 1.35 bits per heavy atom. The highest BCUT2D eigenvalue weighted by molar-refractivity contribution is 6.00. The highest BCUT2D eigenvalue weighted by Crippen LogP contribution is 2.52. The van der Waals surface area contributed by atoms with E-state index in [1.165, 1.54) is 4.90 Å². The fraction of sp³-hybridized carbons (Fsp3) is 0.692. The van der Waals surface area contributed by atoms with Crippen LogP contribution in [0, 0.1) is 17.8 Å². The van der Waals surface area contributed by atoms with Gasteiger partial charge in [-0.15, -0.1) is 0 Å². The molecule has 4 heteroatoms. The van der Waals surface area contributed by atoms with Gasteiger partial charge in [-0.3, -0.25) is 4.79 Å². The predicted molar refractivity (Wildman–Crippen MR) is 61.1 cm³/mol. The molecule has 4 nitrogen and oxygen atoms in total. The first-order valence-corrected chi connectivity index (χ1v) is 6.13. The number of nitrogens with zero attached hydrogens (tertiary/aromatic N) is 1. The van der Waals surface area contributed by atoms with Crippen molar-refractivity contribution in [2.45, 2.75) is 38.8 Å². The molecule has 2 fully saturated rings. The van der Waals surface area contributed by atoms with Gasteiger partial charge in [0.25, 0.3) is 0 Å². The molecule has 0 radical (unpaired) electrons. The van der Waals surface area contributed by atoms with E-state index in [-0.39, 0.29) is 17.9 Å². The minimum absolute atomic E-state index is 0.0394. The molecular weight excluding hydrogens is 218 g/mol. The predicted octanol–water partition coefficient (Wildman–Crippen LogP) is 1.95.